The maximum Gasteiger partial charge on any atom is 0.328 e. The van der Waals surface area contributed by atoms with E-state index >= 15 is 0 Å². The lowest BCUT2D eigenvalue weighted by Crippen LogP contribution is -2.30. The average Bonchev–Trinajstić information content (AvgIpc) is 2.47. The van der Waals surface area contributed by atoms with Crippen LogP contribution in [-0.4, -0.2) is 32.3 Å². The summed E-state index contributed by atoms with van der Waals surface area (Å²) >= 11 is 0. The Morgan fingerprint density at radius 3 is 2.30 bits per heavy atom. The second kappa shape index (κ2) is 8.59. The number of methoxy groups -OCH3 is 1. The van der Waals surface area contributed by atoms with Crippen molar-refractivity contribution in [2.75, 3.05) is 25.6 Å². The molecule has 0 aliphatic heterocycles. The Morgan fingerprint density at radius 1 is 1.20 bits per heavy atom. The van der Waals surface area contributed by atoms with Crippen molar-refractivity contribution in [1.82, 2.24) is 0 Å². The number of esters is 1. The molecule has 0 fully saturated rings. The highest BCUT2D eigenvalue weighted by molar-refractivity contribution is 5.79. The minimum Gasteiger partial charge on any atom is -0.462 e. The SMILES string of the molecule is CCc1cccc(CC)c1NC(C)C(=O)OCCOC. The highest BCUT2D eigenvalue weighted by Gasteiger charge is 2.16. The molecule has 1 N–H and O–H groups in total. The molecule has 4 nitrogen and oxygen atoms in total. The molecular formula is C16H25NO3. The van der Waals surface area contributed by atoms with Gasteiger partial charge in [-0.15, -0.1) is 0 Å². The summed E-state index contributed by atoms with van der Waals surface area (Å²) in [5, 5.41) is 3.29. The van der Waals surface area contributed by atoms with Crippen LogP contribution in [0.15, 0.2) is 18.2 Å². The summed E-state index contributed by atoms with van der Waals surface area (Å²) in [4.78, 5) is 11.9. The summed E-state index contributed by atoms with van der Waals surface area (Å²) in [6, 6.07) is 5.86. The fraction of sp³-hybridized carbons (Fsp3) is 0.562. The van der Waals surface area contributed by atoms with Crippen molar-refractivity contribution in [3.8, 4) is 0 Å². The number of hydrogen-bond acceptors (Lipinski definition) is 4. The molecule has 1 aromatic carbocycles. The van der Waals surface area contributed by atoms with Gasteiger partial charge in [0.1, 0.15) is 12.6 Å². The van der Waals surface area contributed by atoms with Gasteiger partial charge in [0.2, 0.25) is 0 Å². The number of aryl methyl sites for hydroxylation is 2. The highest BCUT2D eigenvalue weighted by Crippen LogP contribution is 2.23. The Balaban J connectivity index is 2.74. The molecule has 1 atom stereocenters. The van der Waals surface area contributed by atoms with Crippen molar-refractivity contribution >= 4 is 11.7 Å². The van der Waals surface area contributed by atoms with E-state index in [1.165, 1.54) is 11.1 Å². The first-order chi connectivity index (χ1) is 9.63. The Bertz CT molecular complexity index is 409. The summed E-state index contributed by atoms with van der Waals surface area (Å²) in [5.74, 6) is -0.255. The van der Waals surface area contributed by atoms with E-state index in [1.54, 1.807) is 7.11 Å². The van der Waals surface area contributed by atoms with Crippen molar-refractivity contribution in [1.29, 1.82) is 0 Å². The van der Waals surface area contributed by atoms with Gasteiger partial charge in [0.25, 0.3) is 0 Å². The molecule has 0 aromatic heterocycles. The molecule has 112 valence electrons. The van der Waals surface area contributed by atoms with Gasteiger partial charge in [-0.25, -0.2) is 4.79 Å². The summed E-state index contributed by atoms with van der Waals surface area (Å²) in [6.07, 6.45) is 1.86. The van der Waals surface area contributed by atoms with Gasteiger partial charge in [-0.3, -0.25) is 0 Å². The second-order valence-electron chi connectivity index (χ2n) is 4.68. The molecule has 20 heavy (non-hydrogen) atoms. The van der Waals surface area contributed by atoms with Gasteiger partial charge in [-0.05, 0) is 30.9 Å². The maximum absolute atomic E-state index is 11.9. The molecule has 1 aromatic rings. The molecule has 0 heterocycles. The summed E-state index contributed by atoms with van der Waals surface area (Å²) in [6.45, 7) is 6.76. The first-order valence-corrected chi connectivity index (χ1v) is 7.16. The second-order valence-corrected chi connectivity index (χ2v) is 4.68. The van der Waals surface area contributed by atoms with E-state index in [-0.39, 0.29) is 18.6 Å². The zero-order valence-electron chi connectivity index (χ0n) is 12.9. The van der Waals surface area contributed by atoms with Gasteiger partial charge in [-0.2, -0.15) is 0 Å². The van der Waals surface area contributed by atoms with E-state index in [9.17, 15) is 4.79 Å². The predicted octanol–water partition coefficient (Wildman–Crippen LogP) is 2.80. The molecule has 1 unspecified atom stereocenters. The molecule has 0 aliphatic rings. The molecule has 4 heteroatoms. The third-order valence-electron chi connectivity index (χ3n) is 3.25. The van der Waals surface area contributed by atoms with E-state index in [0.717, 1.165) is 18.5 Å². The Hall–Kier alpha value is -1.55. The predicted molar refractivity (Wildman–Crippen MR) is 81.1 cm³/mol. The fourth-order valence-corrected chi connectivity index (χ4v) is 2.05. The van der Waals surface area contributed by atoms with Gasteiger partial charge < -0.3 is 14.8 Å². The Morgan fingerprint density at radius 2 is 1.80 bits per heavy atom. The average molecular weight is 279 g/mol. The van der Waals surface area contributed by atoms with Gasteiger partial charge in [0.15, 0.2) is 0 Å². The molecule has 0 bridgehead atoms. The number of hydrogen-bond donors (Lipinski definition) is 1. The molecule has 1 rings (SSSR count). The van der Waals surface area contributed by atoms with Gasteiger partial charge in [-0.1, -0.05) is 32.0 Å². The van der Waals surface area contributed by atoms with Gasteiger partial charge in [0.05, 0.1) is 6.61 Å². The van der Waals surface area contributed by atoms with Crippen LogP contribution in [0, 0.1) is 0 Å². The number of ether oxygens (including phenoxy) is 2. The van der Waals surface area contributed by atoms with E-state index in [0.29, 0.717) is 6.61 Å². The third-order valence-corrected chi connectivity index (χ3v) is 3.25. The lowest BCUT2D eigenvalue weighted by atomic mass is 10.0. The van der Waals surface area contributed by atoms with Crippen LogP contribution in [0.2, 0.25) is 0 Å². The number of rotatable bonds is 8. The summed E-state index contributed by atoms with van der Waals surface area (Å²) in [7, 11) is 1.58. The van der Waals surface area contributed by atoms with Crippen LogP contribution in [-0.2, 0) is 27.1 Å². The minimum atomic E-state index is -0.371. The van der Waals surface area contributed by atoms with E-state index < -0.39 is 0 Å². The van der Waals surface area contributed by atoms with Crippen molar-refractivity contribution in [2.24, 2.45) is 0 Å². The minimum absolute atomic E-state index is 0.255. The van der Waals surface area contributed by atoms with Gasteiger partial charge in [0, 0.05) is 12.8 Å². The molecule has 0 spiro atoms. The number of carbonyl (C=O) groups excluding carboxylic acids is 1. The number of nitrogens with one attached hydrogen (secondary N) is 1. The van der Waals surface area contributed by atoms with Crippen molar-refractivity contribution in [3.05, 3.63) is 29.3 Å². The molecule has 0 amide bonds. The first-order valence-electron chi connectivity index (χ1n) is 7.16. The molecule has 0 saturated carbocycles. The molecule has 0 saturated heterocycles. The molecule has 0 radical (unpaired) electrons. The molecular weight excluding hydrogens is 254 g/mol. The Kier molecular flexibility index (Phi) is 7.09. The largest absolute Gasteiger partial charge is 0.462 e. The van der Waals surface area contributed by atoms with Crippen LogP contribution in [0.5, 0.6) is 0 Å². The van der Waals surface area contributed by atoms with Crippen LogP contribution in [0.1, 0.15) is 31.9 Å². The van der Waals surface area contributed by atoms with Crippen molar-refractivity contribution in [3.63, 3.8) is 0 Å². The number of para-hydroxylation sites is 1. The zero-order chi connectivity index (χ0) is 15.0. The maximum atomic E-state index is 11.9. The quantitative estimate of drug-likeness (QED) is 0.587. The van der Waals surface area contributed by atoms with Crippen LogP contribution < -0.4 is 5.32 Å². The third kappa shape index (κ3) is 4.53. The van der Waals surface area contributed by atoms with E-state index in [1.807, 2.05) is 6.92 Å². The standard InChI is InChI=1S/C16H25NO3/c1-5-13-8-7-9-14(6-2)15(13)17-12(3)16(18)20-11-10-19-4/h7-9,12,17H,5-6,10-11H2,1-4H3. The van der Waals surface area contributed by atoms with E-state index in [2.05, 4.69) is 37.4 Å². The van der Waals surface area contributed by atoms with Crippen molar-refractivity contribution < 1.29 is 14.3 Å². The molecule has 0 aliphatic carbocycles. The van der Waals surface area contributed by atoms with Crippen LogP contribution >= 0.6 is 0 Å². The summed E-state index contributed by atoms with van der Waals surface area (Å²) in [5.41, 5.74) is 3.51. The Labute approximate surface area is 121 Å². The van der Waals surface area contributed by atoms with E-state index in [4.69, 9.17) is 9.47 Å². The fourth-order valence-electron chi connectivity index (χ4n) is 2.05. The number of carbonyl (C=O) groups is 1. The smallest absolute Gasteiger partial charge is 0.328 e. The van der Waals surface area contributed by atoms with Crippen LogP contribution in [0.25, 0.3) is 0 Å². The first kappa shape index (κ1) is 16.5. The number of benzene rings is 1. The number of anilines is 1. The van der Waals surface area contributed by atoms with Crippen molar-refractivity contribution in [2.45, 2.75) is 39.7 Å². The lowest BCUT2D eigenvalue weighted by molar-refractivity contribution is -0.145. The highest BCUT2D eigenvalue weighted by atomic mass is 16.6. The monoisotopic (exact) mass is 279 g/mol. The normalized spacial score (nSPS) is 12.0. The zero-order valence-corrected chi connectivity index (χ0v) is 12.9. The van der Waals surface area contributed by atoms with Gasteiger partial charge >= 0.3 is 5.97 Å². The topological polar surface area (TPSA) is 47.6 Å². The summed E-state index contributed by atoms with van der Waals surface area (Å²) < 4.78 is 10.0. The lowest BCUT2D eigenvalue weighted by Gasteiger charge is -2.19. The van der Waals surface area contributed by atoms with Crippen LogP contribution in [0.3, 0.4) is 0 Å². The van der Waals surface area contributed by atoms with Crippen LogP contribution in [0.4, 0.5) is 5.69 Å².